The van der Waals surface area contributed by atoms with Crippen molar-refractivity contribution in [2.45, 2.75) is 38.0 Å². The van der Waals surface area contributed by atoms with Crippen LogP contribution in [-0.2, 0) is 23.9 Å². The van der Waals surface area contributed by atoms with Crippen LogP contribution in [0.3, 0.4) is 0 Å². The van der Waals surface area contributed by atoms with E-state index in [0.29, 0.717) is 35.7 Å². The third-order valence-corrected chi connectivity index (χ3v) is 7.54. The third kappa shape index (κ3) is 7.22. The second kappa shape index (κ2) is 12.7. The van der Waals surface area contributed by atoms with Crippen LogP contribution in [0.1, 0.15) is 29.5 Å². The molecule has 2 N–H and O–H groups in total. The number of nitrogens with one attached hydrogen (secondary N) is 2. The highest BCUT2D eigenvalue weighted by atomic mass is 19.4. The maximum atomic E-state index is 13.8. The first-order valence-electron chi connectivity index (χ1n) is 13.9. The number of anilines is 1. The van der Waals surface area contributed by atoms with E-state index in [4.69, 9.17) is 9.47 Å². The molecule has 5 rings (SSSR count). The summed E-state index contributed by atoms with van der Waals surface area (Å²) in [6.45, 7) is 0.239. The van der Waals surface area contributed by atoms with Gasteiger partial charge < -0.3 is 29.6 Å². The fraction of sp³-hybridized carbons (Fsp3) is 0.312. The number of aromatic amines is 1. The predicted octanol–water partition coefficient (Wildman–Crippen LogP) is 6.47. The van der Waals surface area contributed by atoms with Gasteiger partial charge in [0.05, 0.1) is 25.5 Å². The van der Waals surface area contributed by atoms with Crippen LogP contribution in [0.15, 0.2) is 72.9 Å². The number of carbonyl (C=O) groups is 2. The number of carbonyl (C=O) groups excluding carboxylic acids is 2. The van der Waals surface area contributed by atoms with Crippen molar-refractivity contribution in [3.63, 3.8) is 0 Å². The van der Waals surface area contributed by atoms with Crippen molar-refractivity contribution in [3.8, 4) is 11.5 Å². The van der Waals surface area contributed by atoms with Crippen LogP contribution >= 0.6 is 0 Å². The Morgan fingerprint density at radius 1 is 1.00 bits per heavy atom. The van der Waals surface area contributed by atoms with Crippen LogP contribution in [0.4, 0.5) is 23.7 Å². The van der Waals surface area contributed by atoms with Gasteiger partial charge in [0.15, 0.2) is 0 Å². The minimum absolute atomic E-state index is 0.0882. The number of urea groups is 1. The number of fused-ring (bicyclic) bond motifs is 1. The Morgan fingerprint density at radius 2 is 1.74 bits per heavy atom. The van der Waals surface area contributed by atoms with E-state index in [2.05, 4.69) is 10.3 Å². The van der Waals surface area contributed by atoms with Gasteiger partial charge in [-0.25, -0.2) is 4.79 Å². The van der Waals surface area contributed by atoms with Crippen LogP contribution in [0.25, 0.3) is 10.9 Å². The number of amides is 3. The van der Waals surface area contributed by atoms with Gasteiger partial charge >= 0.3 is 12.2 Å². The van der Waals surface area contributed by atoms with Crippen molar-refractivity contribution in [1.82, 2.24) is 14.8 Å². The first-order chi connectivity index (χ1) is 20.7. The van der Waals surface area contributed by atoms with Gasteiger partial charge in [0.25, 0.3) is 0 Å². The van der Waals surface area contributed by atoms with Gasteiger partial charge in [0.1, 0.15) is 18.0 Å². The molecule has 1 aliphatic carbocycles. The lowest BCUT2D eigenvalue weighted by Gasteiger charge is -2.28. The lowest BCUT2D eigenvalue weighted by molar-refractivity contribution is -0.137. The summed E-state index contributed by atoms with van der Waals surface area (Å²) in [5, 5.41) is 3.89. The average Bonchev–Trinajstić information content (AvgIpc) is 3.76. The van der Waals surface area contributed by atoms with Gasteiger partial charge in [-0.2, -0.15) is 13.2 Å². The smallest absolute Gasteiger partial charge is 0.416 e. The molecule has 1 heterocycles. The molecule has 43 heavy (non-hydrogen) atoms. The van der Waals surface area contributed by atoms with Gasteiger partial charge in [-0.3, -0.25) is 4.79 Å². The van der Waals surface area contributed by atoms with Crippen LogP contribution in [-0.4, -0.2) is 60.1 Å². The highest BCUT2D eigenvalue weighted by Gasteiger charge is 2.35. The molecule has 1 saturated carbocycles. The van der Waals surface area contributed by atoms with Crippen LogP contribution < -0.4 is 14.8 Å². The fourth-order valence-electron chi connectivity index (χ4n) is 4.99. The average molecular weight is 595 g/mol. The minimum atomic E-state index is -4.45. The highest BCUT2D eigenvalue weighted by Crippen LogP contribution is 2.32. The molecule has 1 fully saturated rings. The number of H-pyrrole nitrogens is 1. The molecule has 0 unspecified atom stereocenters. The first kappa shape index (κ1) is 29.8. The van der Waals surface area contributed by atoms with E-state index in [-0.39, 0.29) is 25.0 Å². The molecular weight excluding hydrogens is 561 g/mol. The molecule has 0 spiro atoms. The zero-order valence-corrected chi connectivity index (χ0v) is 23.9. The van der Waals surface area contributed by atoms with E-state index < -0.39 is 17.8 Å². The molecule has 11 heteroatoms. The molecule has 3 aromatic carbocycles. The van der Waals surface area contributed by atoms with Crippen molar-refractivity contribution < 1.29 is 32.2 Å². The third-order valence-electron chi connectivity index (χ3n) is 7.54. The normalized spacial score (nSPS) is 13.0. The lowest BCUT2D eigenvalue weighted by atomic mass is 10.1. The fourth-order valence-corrected chi connectivity index (χ4v) is 4.99. The SMILES string of the molecule is COc1ccc(NC(=O)N(CC(=O)N(CCc2c[nH]c3ccccc23)Cc2ccc(C(F)(F)F)cc2)C2CC2)c(OC)c1. The molecule has 0 saturated heterocycles. The number of aromatic nitrogens is 1. The number of ether oxygens (including phenoxy) is 2. The van der Waals surface area contributed by atoms with Gasteiger partial charge in [-0.05, 0) is 60.7 Å². The summed E-state index contributed by atoms with van der Waals surface area (Å²) in [7, 11) is 3.02. The zero-order valence-electron chi connectivity index (χ0n) is 23.9. The quantitative estimate of drug-likeness (QED) is 0.208. The largest absolute Gasteiger partial charge is 0.497 e. The molecular formula is C32H33F3N4O4. The number of halogens is 3. The van der Waals surface area contributed by atoms with Crippen LogP contribution in [0.2, 0.25) is 0 Å². The van der Waals surface area contributed by atoms with Crippen LogP contribution in [0.5, 0.6) is 11.5 Å². The van der Waals surface area contributed by atoms with Crippen molar-refractivity contribution in [3.05, 3.63) is 89.6 Å². The summed E-state index contributed by atoms with van der Waals surface area (Å²) in [5.41, 5.74) is 2.24. The molecule has 3 amide bonds. The standard InChI is InChI=1S/C32H33F3N4O4/c1-42-25-13-14-28(29(17-25)43-2)37-31(41)39(24-11-12-24)20-30(40)38(19-21-7-9-23(10-8-21)32(33,34)35)16-15-22-18-36-27-6-4-3-5-26(22)27/h3-10,13-14,17-18,24,36H,11-12,15-16,19-20H2,1-2H3,(H,37,41). The molecule has 1 aliphatic rings. The maximum absolute atomic E-state index is 13.8. The minimum Gasteiger partial charge on any atom is -0.497 e. The summed E-state index contributed by atoms with van der Waals surface area (Å²) in [6, 6.07) is 17.1. The number of hydrogen-bond acceptors (Lipinski definition) is 4. The van der Waals surface area contributed by atoms with E-state index in [9.17, 15) is 22.8 Å². The van der Waals surface area contributed by atoms with E-state index in [1.54, 1.807) is 23.1 Å². The molecule has 0 aliphatic heterocycles. The number of rotatable bonds is 11. The predicted molar refractivity (Wildman–Crippen MR) is 157 cm³/mol. The Morgan fingerprint density at radius 3 is 2.42 bits per heavy atom. The second-order valence-electron chi connectivity index (χ2n) is 10.5. The molecule has 8 nitrogen and oxygen atoms in total. The number of methoxy groups -OCH3 is 2. The Labute approximate surface area is 247 Å². The highest BCUT2D eigenvalue weighted by molar-refractivity contribution is 5.94. The Hall–Kier alpha value is -4.67. The number of nitrogens with zero attached hydrogens (tertiary/aromatic N) is 2. The maximum Gasteiger partial charge on any atom is 0.416 e. The molecule has 0 bridgehead atoms. The van der Waals surface area contributed by atoms with E-state index in [1.807, 2.05) is 30.5 Å². The summed E-state index contributed by atoms with van der Waals surface area (Å²) in [6.07, 6.45) is -0.482. The molecule has 4 aromatic rings. The molecule has 0 radical (unpaired) electrons. The Balaban J connectivity index is 1.34. The second-order valence-corrected chi connectivity index (χ2v) is 10.5. The molecule has 0 atom stereocenters. The van der Waals surface area contributed by atoms with E-state index in [1.165, 1.54) is 31.3 Å². The Kier molecular flexibility index (Phi) is 8.79. The lowest BCUT2D eigenvalue weighted by Crippen LogP contribution is -2.45. The monoisotopic (exact) mass is 594 g/mol. The summed E-state index contributed by atoms with van der Waals surface area (Å²) < 4.78 is 50.0. The van der Waals surface area contributed by atoms with Crippen LogP contribution in [0, 0.1) is 0 Å². The van der Waals surface area contributed by atoms with E-state index in [0.717, 1.165) is 41.4 Å². The van der Waals surface area contributed by atoms with Gasteiger partial charge in [0.2, 0.25) is 5.91 Å². The number of hydrogen-bond donors (Lipinski definition) is 2. The van der Waals surface area contributed by atoms with Crippen molar-refractivity contribution >= 4 is 28.5 Å². The van der Waals surface area contributed by atoms with E-state index >= 15 is 0 Å². The van der Waals surface area contributed by atoms with Crippen molar-refractivity contribution in [2.24, 2.45) is 0 Å². The molecule has 1 aromatic heterocycles. The van der Waals surface area contributed by atoms with Crippen molar-refractivity contribution in [1.29, 1.82) is 0 Å². The number of alkyl halides is 3. The van der Waals surface area contributed by atoms with Gasteiger partial charge in [0, 0.05) is 42.3 Å². The number of benzene rings is 3. The van der Waals surface area contributed by atoms with Gasteiger partial charge in [-0.15, -0.1) is 0 Å². The topological polar surface area (TPSA) is 86.9 Å². The Bertz CT molecular complexity index is 1580. The van der Waals surface area contributed by atoms with Crippen molar-refractivity contribution in [2.75, 3.05) is 32.6 Å². The summed E-state index contributed by atoms with van der Waals surface area (Å²) in [5.74, 6) is 0.680. The molecule has 226 valence electrons. The van der Waals surface area contributed by atoms with Gasteiger partial charge in [-0.1, -0.05) is 30.3 Å². The summed E-state index contributed by atoms with van der Waals surface area (Å²) >= 11 is 0. The summed E-state index contributed by atoms with van der Waals surface area (Å²) in [4.78, 5) is 33.5. The number of para-hydroxylation sites is 1. The zero-order chi connectivity index (χ0) is 30.6. The first-order valence-corrected chi connectivity index (χ1v) is 13.9.